The molecule has 320 valence electrons. The Balaban J connectivity index is 0.816. The molecule has 3 unspecified atom stereocenters. The fourth-order valence-electron chi connectivity index (χ4n) is 10.9. The van der Waals surface area contributed by atoms with Gasteiger partial charge in [0, 0.05) is 86.1 Å². The zero-order valence-electron chi connectivity index (χ0n) is 35.5. The quantitative estimate of drug-likeness (QED) is 0.264. The van der Waals surface area contributed by atoms with E-state index in [1.165, 1.54) is 0 Å². The maximum atomic E-state index is 13.5. The monoisotopic (exact) mass is 848 g/mol. The largest absolute Gasteiger partial charge is 0.489 e. The third-order valence-electron chi connectivity index (χ3n) is 13.6. The summed E-state index contributed by atoms with van der Waals surface area (Å²) >= 11 is 6.26. The average molecular weight is 849 g/mol. The van der Waals surface area contributed by atoms with Crippen LogP contribution in [0.4, 0.5) is 11.5 Å². The number of piperazine rings is 1. The molecule has 14 nitrogen and oxygen atoms in total. The molecule has 0 radical (unpaired) electrons. The number of hydrogen-bond acceptors (Lipinski definition) is 11. The Morgan fingerprint density at radius 1 is 0.934 bits per heavy atom. The van der Waals surface area contributed by atoms with Crippen molar-refractivity contribution in [2.75, 3.05) is 42.5 Å². The number of halogens is 1. The Morgan fingerprint density at radius 3 is 2.25 bits per heavy atom. The van der Waals surface area contributed by atoms with Crippen LogP contribution in [0.25, 0.3) is 0 Å². The van der Waals surface area contributed by atoms with E-state index in [0.29, 0.717) is 33.4 Å². The van der Waals surface area contributed by atoms with Crippen LogP contribution in [-0.4, -0.2) is 107 Å². The van der Waals surface area contributed by atoms with Crippen LogP contribution in [0.5, 0.6) is 5.75 Å². The van der Waals surface area contributed by atoms with Gasteiger partial charge in [0.25, 0.3) is 17.7 Å². The molecule has 1 saturated carbocycles. The highest BCUT2D eigenvalue weighted by Crippen LogP contribution is 2.55. The number of anilines is 2. The van der Waals surface area contributed by atoms with Crippen LogP contribution < -0.4 is 25.2 Å². The molecule has 5 amide bonds. The SMILES string of the molecule is CC1CN(CC2CCN(c3ccc(C(=O)NC4C(C)(C)C(Oc5ccc(C#N)c(Cl)c5)C4(C)C)cn3)CC2)CC(C)N1c1ccc2c(c1)C(=O)N(C1CCC(=O)NC1=O)C2=O. The summed E-state index contributed by atoms with van der Waals surface area (Å²) in [5, 5.41) is 15.1. The second kappa shape index (κ2) is 16.1. The second-order valence-electron chi connectivity index (χ2n) is 18.6. The molecule has 2 N–H and O–H groups in total. The van der Waals surface area contributed by atoms with Gasteiger partial charge in [0.1, 0.15) is 29.8 Å². The van der Waals surface area contributed by atoms with Gasteiger partial charge in [-0.1, -0.05) is 39.3 Å². The van der Waals surface area contributed by atoms with E-state index in [2.05, 4.69) is 72.9 Å². The first-order valence-corrected chi connectivity index (χ1v) is 21.6. The first-order chi connectivity index (χ1) is 29.0. The molecule has 1 aromatic heterocycles. The summed E-state index contributed by atoms with van der Waals surface area (Å²) in [6.45, 7) is 17.2. The predicted octanol–water partition coefficient (Wildman–Crippen LogP) is 5.44. The van der Waals surface area contributed by atoms with Gasteiger partial charge in [0.2, 0.25) is 11.8 Å². The average Bonchev–Trinajstić information content (AvgIpc) is 3.46. The number of aromatic nitrogens is 1. The minimum atomic E-state index is -0.990. The van der Waals surface area contributed by atoms with Crippen molar-refractivity contribution < 1.29 is 28.7 Å². The number of hydrogen-bond donors (Lipinski definition) is 2. The Bertz CT molecular complexity index is 2290. The molecular formula is C46H53ClN8O6. The number of carbonyl (C=O) groups excluding carboxylic acids is 5. The summed E-state index contributed by atoms with van der Waals surface area (Å²) in [5.41, 5.74) is 1.59. The van der Waals surface area contributed by atoms with Crippen molar-refractivity contribution in [2.45, 2.75) is 97.5 Å². The first kappa shape index (κ1) is 42.2. The molecule has 3 saturated heterocycles. The van der Waals surface area contributed by atoms with Crippen LogP contribution in [0.3, 0.4) is 0 Å². The topological polar surface area (TPSA) is 168 Å². The van der Waals surface area contributed by atoms with Crippen LogP contribution in [0.1, 0.15) is 104 Å². The number of nitriles is 1. The van der Waals surface area contributed by atoms with E-state index in [1.54, 1.807) is 36.5 Å². The standard InChI is InChI=1S/C46H53ClN8O6/c1-26-23-52(24-27(2)54(26)31-9-11-33-34(19-31)42(60)55(41(33)59)36-12-14-38(56)50-40(36)58)25-28-15-17-53(18-16-28)37-13-8-30(22-49-37)39(57)51-43-45(3,4)44(46(43,5)6)61-32-10-7-29(21-48)35(47)20-32/h7-11,13,19-20,22,26-28,36,43-44H,12,14-18,23-25H2,1-6H3,(H,51,57)(H,50,56,58). The number of piperidine rings is 2. The third kappa shape index (κ3) is 7.71. The molecule has 5 aliphatic rings. The van der Waals surface area contributed by atoms with E-state index in [-0.39, 0.29) is 59.4 Å². The number of benzene rings is 2. The van der Waals surface area contributed by atoms with Crippen LogP contribution in [-0.2, 0) is 9.59 Å². The lowest BCUT2D eigenvalue weighted by Crippen LogP contribution is -2.74. The summed E-state index contributed by atoms with van der Waals surface area (Å²) in [7, 11) is 0. The number of carbonyl (C=O) groups is 5. The van der Waals surface area contributed by atoms with Gasteiger partial charge >= 0.3 is 0 Å². The van der Waals surface area contributed by atoms with Crippen molar-refractivity contribution in [3.63, 3.8) is 0 Å². The van der Waals surface area contributed by atoms with Crippen molar-refractivity contribution in [2.24, 2.45) is 16.7 Å². The number of nitrogens with one attached hydrogen (secondary N) is 2. The molecule has 8 rings (SSSR count). The normalized spacial score (nSPS) is 26.3. The number of amides is 5. The smallest absolute Gasteiger partial charge is 0.262 e. The second-order valence-corrected chi connectivity index (χ2v) is 19.0. The molecule has 61 heavy (non-hydrogen) atoms. The third-order valence-corrected chi connectivity index (χ3v) is 13.9. The molecule has 3 atom stereocenters. The molecule has 4 fully saturated rings. The van der Waals surface area contributed by atoms with E-state index < -0.39 is 29.7 Å². The van der Waals surface area contributed by atoms with Crippen molar-refractivity contribution in [3.8, 4) is 11.8 Å². The molecule has 4 aliphatic heterocycles. The predicted molar refractivity (Wildman–Crippen MR) is 230 cm³/mol. The van der Waals surface area contributed by atoms with E-state index in [0.717, 1.165) is 62.0 Å². The number of nitrogens with zero attached hydrogens (tertiary/aromatic N) is 6. The molecule has 0 spiro atoms. The first-order valence-electron chi connectivity index (χ1n) is 21.2. The van der Waals surface area contributed by atoms with E-state index in [9.17, 15) is 29.2 Å². The lowest BCUT2D eigenvalue weighted by Gasteiger charge is -2.63. The summed E-state index contributed by atoms with van der Waals surface area (Å²) in [5.74, 6) is -0.203. The Morgan fingerprint density at radius 2 is 1.62 bits per heavy atom. The van der Waals surface area contributed by atoms with E-state index in [1.807, 2.05) is 18.2 Å². The number of fused-ring (bicyclic) bond motifs is 1. The highest BCUT2D eigenvalue weighted by molar-refractivity contribution is 6.31. The number of pyridine rings is 1. The molecule has 1 aliphatic carbocycles. The fourth-order valence-corrected chi connectivity index (χ4v) is 11.2. The number of rotatable bonds is 9. The van der Waals surface area contributed by atoms with Gasteiger partial charge in [-0.15, -0.1) is 0 Å². The minimum absolute atomic E-state index is 0.0825. The Hall–Kier alpha value is -5.52. The van der Waals surface area contributed by atoms with Gasteiger partial charge in [0.15, 0.2) is 0 Å². The molecule has 3 aromatic rings. The zero-order valence-corrected chi connectivity index (χ0v) is 36.3. The van der Waals surface area contributed by atoms with Crippen molar-refractivity contribution in [1.29, 1.82) is 5.26 Å². The highest BCUT2D eigenvalue weighted by atomic mass is 35.5. The Labute approximate surface area is 361 Å². The zero-order chi connectivity index (χ0) is 43.5. The maximum absolute atomic E-state index is 13.5. The summed E-state index contributed by atoms with van der Waals surface area (Å²) in [6.07, 6.45) is 3.73. The van der Waals surface area contributed by atoms with Gasteiger partial charge in [-0.3, -0.25) is 39.1 Å². The van der Waals surface area contributed by atoms with Crippen molar-refractivity contribution in [1.82, 2.24) is 25.4 Å². The maximum Gasteiger partial charge on any atom is 0.262 e. The van der Waals surface area contributed by atoms with Gasteiger partial charge in [-0.2, -0.15) is 5.26 Å². The molecule has 5 heterocycles. The van der Waals surface area contributed by atoms with Crippen molar-refractivity contribution in [3.05, 3.63) is 82.0 Å². The van der Waals surface area contributed by atoms with E-state index in [4.69, 9.17) is 21.3 Å². The van der Waals surface area contributed by atoms with Gasteiger partial charge in [0.05, 0.1) is 27.3 Å². The van der Waals surface area contributed by atoms with Crippen LogP contribution in [0, 0.1) is 28.1 Å². The summed E-state index contributed by atoms with van der Waals surface area (Å²) < 4.78 is 6.38. The molecule has 0 bridgehead atoms. The van der Waals surface area contributed by atoms with Crippen LogP contribution in [0.2, 0.25) is 5.02 Å². The number of imide groups is 2. The summed E-state index contributed by atoms with van der Waals surface area (Å²) in [4.78, 5) is 77.3. The molecular weight excluding hydrogens is 796 g/mol. The van der Waals surface area contributed by atoms with Gasteiger partial charge in [-0.05, 0) is 81.5 Å². The number of ether oxygens (including phenoxy) is 1. The lowest BCUT2D eigenvalue weighted by atomic mass is 9.49. The minimum Gasteiger partial charge on any atom is -0.489 e. The molecule has 15 heteroatoms. The van der Waals surface area contributed by atoms with Crippen LogP contribution in [0.15, 0.2) is 54.7 Å². The van der Waals surface area contributed by atoms with Crippen LogP contribution >= 0.6 is 11.6 Å². The van der Waals surface area contributed by atoms with Gasteiger partial charge < -0.3 is 19.9 Å². The highest BCUT2D eigenvalue weighted by Gasteiger charge is 2.64. The lowest BCUT2D eigenvalue weighted by molar-refractivity contribution is -0.164. The Kier molecular flexibility index (Phi) is 11.1. The van der Waals surface area contributed by atoms with Crippen molar-refractivity contribution >= 4 is 52.6 Å². The van der Waals surface area contributed by atoms with Gasteiger partial charge in [-0.25, -0.2) is 4.98 Å². The summed E-state index contributed by atoms with van der Waals surface area (Å²) in [6, 6.07) is 15.4. The van der Waals surface area contributed by atoms with E-state index >= 15 is 0 Å². The fraction of sp³-hybridized carbons (Fsp3) is 0.500. The molecule has 2 aromatic carbocycles.